The first-order valence-corrected chi connectivity index (χ1v) is 46.6. The standard InChI is InChI=1S/C20H27NO3.C20H21NO3.C19H25NO3.C17H29NO3.C15H14N2O4.C13H15NO3/c2*1-20(2)12-17(22)18(20)21-19(23)24-13-14-8-10-16(11-9-14)15-6-4-3-5-7-15;1-13(23-19(22)20-17-11-12-18(17)21)14-7-9-16(10-8-14)15-5-3-2-4-6-15;1-17(2)12-14(19)15(17)18-16(20)21-11-7-6-10-13-8-4-3-5-9-13;18-14-6-5-12(14)17-15(19)21-7-10-1-3-11(4-2-10)13-8-20-9-16-13;1-9-2-4-10(5-3-9)8-17-13(16)14-11-6-7-12(11)15/h8-11,15,18H,3-7,12-13H2,1-2H3,(H,21,23);3-11,18H,12-13H2,1-2H3,(H,21,23);7-10,13,15,17H,2-6,11-12H2,1H3,(H,20,22);13,15H,3-12H2,1-2H3,(H,18,20);1-4,8-9,12H,5-7H2,(H,17,19);2-5,11H,6-8H2,1H3,(H,14,16)/t2*18-;13?,17-;15-;12-;11-/m000000/s1. The Morgan fingerprint density at radius 2 is 0.738 bits per heavy atom. The van der Waals surface area contributed by atoms with Crippen LogP contribution in [0.1, 0.15) is 284 Å². The molecule has 130 heavy (non-hydrogen) atoms. The molecule has 1 aromatic heterocycles. The smallest absolute Gasteiger partial charge is 0.408 e. The molecular formula is C104H131N7O19. The van der Waals surface area contributed by atoms with E-state index in [0.717, 1.165) is 81.8 Å². The number of nitrogens with zero attached hydrogens (tertiary/aromatic N) is 1. The molecule has 26 nitrogen and oxygen atoms in total. The van der Waals surface area contributed by atoms with E-state index in [1.165, 1.54) is 126 Å². The fraction of sp³-hybridized carbons (Fsp3) is 0.510. The van der Waals surface area contributed by atoms with Crippen molar-refractivity contribution in [2.75, 3.05) is 6.61 Å². The Bertz CT molecular complexity index is 4900. The normalized spacial score (nSPS) is 21.1. The molecule has 0 bridgehead atoms. The lowest BCUT2D eigenvalue weighted by Gasteiger charge is -2.42. The van der Waals surface area contributed by atoms with Gasteiger partial charge < -0.3 is 64.7 Å². The average Bonchev–Trinajstić information content (AvgIpc) is 0.786. The zero-order valence-corrected chi connectivity index (χ0v) is 76.7. The molecule has 16 rings (SSSR count). The summed E-state index contributed by atoms with van der Waals surface area (Å²) in [5, 5.41) is 15.7. The minimum absolute atomic E-state index is 0.0592. The van der Waals surface area contributed by atoms with Gasteiger partial charge in [-0.1, -0.05) is 276 Å². The number of benzene rings is 6. The molecule has 0 saturated heterocycles. The molecule has 0 radical (unpaired) electrons. The Kier molecular flexibility index (Phi) is 36.6. The maximum Gasteiger partial charge on any atom is 0.408 e. The minimum atomic E-state index is -0.561. The van der Waals surface area contributed by atoms with Gasteiger partial charge in [-0.2, -0.15) is 0 Å². The van der Waals surface area contributed by atoms with Gasteiger partial charge in [-0.05, 0) is 156 Å². The topological polar surface area (TPSA) is 358 Å². The number of unbranched alkanes of at least 4 members (excludes halogenated alkanes) is 1. The molecule has 7 atom stereocenters. The summed E-state index contributed by atoms with van der Waals surface area (Å²) >= 11 is 0. The van der Waals surface area contributed by atoms with Crippen LogP contribution < -0.4 is 31.9 Å². The second-order valence-electron chi connectivity index (χ2n) is 37.9. The monoisotopic (exact) mass is 1780 g/mol. The van der Waals surface area contributed by atoms with Gasteiger partial charge >= 0.3 is 36.6 Å². The zero-order chi connectivity index (χ0) is 92.7. The van der Waals surface area contributed by atoms with Crippen LogP contribution in [0.15, 0.2) is 169 Å². The zero-order valence-electron chi connectivity index (χ0n) is 76.7. The third kappa shape index (κ3) is 30.4. The summed E-state index contributed by atoms with van der Waals surface area (Å²) in [7, 11) is 0. The van der Waals surface area contributed by atoms with E-state index < -0.39 is 48.6 Å². The lowest BCUT2D eigenvalue weighted by molar-refractivity contribution is -0.136. The number of aryl methyl sites for hydroxylation is 1. The Balaban J connectivity index is 0.000000151. The van der Waals surface area contributed by atoms with Crippen molar-refractivity contribution in [1.82, 2.24) is 36.9 Å². The van der Waals surface area contributed by atoms with Crippen molar-refractivity contribution < 1.29 is 90.4 Å². The van der Waals surface area contributed by atoms with Crippen LogP contribution in [0.25, 0.3) is 22.4 Å². The van der Waals surface area contributed by atoms with Crippen LogP contribution >= 0.6 is 0 Å². The van der Waals surface area contributed by atoms with Crippen LogP contribution in [-0.4, -0.2) is 119 Å². The molecule has 7 aromatic rings. The largest absolute Gasteiger partial charge is 0.451 e. The molecule has 696 valence electrons. The van der Waals surface area contributed by atoms with Gasteiger partial charge in [0.2, 0.25) is 0 Å². The summed E-state index contributed by atoms with van der Waals surface area (Å²) in [4.78, 5) is 142. The maximum atomic E-state index is 11.9. The molecule has 0 aliphatic heterocycles. The van der Waals surface area contributed by atoms with Crippen LogP contribution in [0.2, 0.25) is 0 Å². The lowest BCUT2D eigenvalue weighted by atomic mass is 9.66. The summed E-state index contributed by atoms with van der Waals surface area (Å²) in [5.41, 5.74) is 12.1. The first-order chi connectivity index (χ1) is 62.4. The minimum Gasteiger partial charge on any atom is -0.451 e. The number of ether oxygens (including phenoxy) is 6. The first-order valence-electron chi connectivity index (χ1n) is 46.6. The van der Waals surface area contributed by atoms with E-state index in [0.29, 0.717) is 63.4 Å². The van der Waals surface area contributed by atoms with Gasteiger partial charge in [-0.15, -0.1) is 0 Å². The molecule has 6 amide bonds. The van der Waals surface area contributed by atoms with Crippen LogP contribution in [-0.2, 0) is 83.6 Å². The van der Waals surface area contributed by atoms with E-state index in [2.05, 4.69) is 85.4 Å². The predicted molar refractivity (Wildman–Crippen MR) is 491 cm³/mol. The predicted octanol–water partition coefficient (Wildman–Crippen LogP) is 20.6. The van der Waals surface area contributed by atoms with Gasteiger partial charge in [0, 0.05) is 44.1 Å². The van der Waals surface area contributed by atoms with Gasteiger partial charge in [0.15, 0.2) is 41.1 Å². The number of nitrogens with one attached hydrogen (secondary N) is 6. The number of amides is 6. The molecular weight excluding hydrogens is 1650 g/mol. The molecule has 9 saturated carbocycles. The van der Waals surface area contributed by atoms with Crippen molar-refractivity contribution in [1.29, 1.82) is 0 Å². The van der Waals surface area contributed by atoms with E-state index in [-0.39, 0.29) is 108 Å². The Morgan fingerprint density at radius 1 is 0.385 bits per heavy atom. The summed E-state index contributed by atoms with van der Waals surface area (Å²) < 4.78 is 36.1. The number of rotatable bonds is 25. The first kappa shape index (κ1) is 98.8. The van der Waals surface area contributed by atoms with Gasteiger partial charge in [0.1, 0.15) is 44.5 Å². The maximum absolute atomic E-state index is 11.9. The summed E-state index contributed by atoms with van der Waals surface area (Å²) in [6, 6.07) is 47.7. The number of aromatic nitrogens is 1. The molecule has 9 fully saturated rings. The van der Waals surface area contributed by atoms with E-state index in [9.17, 15) is 57.5 Å². The fourth-order valence-corrected chi connectivity index (χ4v) is 17.4. The highest BCUT2D eigenvalue weighted by Crippen LogP contribution is 2.41. The van der Waals surface area contributed by atoms with Gasteiger partial charge in [0.25, 0.3) is 0 Å². The molecule has 0 spiro atoms. The quantitative estimate of drug-likeness (QED) is 0.0229. The second kappa shape index (κ2) is 48.2. The van der Waals surface area contributed by atoms with Crippen molar-refractivity contribution >= 4 is 71.3 Å². The molecule has 1 heterocycles. The molecule has 9 aliphatic rings. The van der Waals surface area contributed by atoms with E-state index in [4.69, 9.17) is 32.8 Å². The number of carbonyl (C=O) groups is 12. The molecule has 6 N–H and O–H groups in total. The molecule has 1 unspecified atom stereocenters. The van der Waals surface area contributed by atoms with Crippen LogP contribution in [0.4, 0.5) is 28.8 Å². The summed E-state index contributed by atoms with van der Waals surface area (Å²) in [6.07, 6.45) is 28.2. The number of Topliss-reactive ketones (excluding diaryl/α,β-unsaturated/α-hetero) is 6. The number of hydrogen-bond donors (Lipinski definition) is 6. The second-order valence-corrected chi connectivity index (χ2v) is 37.9. The highest BCUT2D eigenvalue weighted by molar-refractivity contribution is 5.97. The molecule has 9 aliphatic carbocycles. The van der Waals surface area contributed by atoms with Crippen LogP contribution in [0.3, 0.4) is 0 Å². The van der Waals surface area contributed by atoms with Crippen LogP contribution in [0, 0.1) is 29.1 Å². The number of carbonyl (C=O) groups excluding carboxylic acids is 12. The van der Waals surface area contributed by atoms with E-state index in [1.54, 1.807) is 6.26 Å². The summed E-state index contributed by atoms with van der Waals surface area (Å²) in [5.74, 6) is 2.73. The Labute approximate surface area is 763 Å². The number of hydrogen-bond acceptors (Lipinski definition) is 20. The number of ketones is 6. The molecule has 6 aromatic carbocycles. The highest BCUT2D eigenvalue weighted by Gasteiger charge is 2.50. The van der Waals surface area contributed by atoms with E-state index >= 15 is 0 Å². The highest BCUT2D eigenvalue weighted by atomic mass is 16.6. The number of alkyl carbamates (subject to hydrolysis) is 6. The van der Waals surface area contributed by atoms with Crippen molar-refractivity contribution in [3.63, 3.8) is 0 Å². The SMILES string of the molecule is CC(OC(=O)N[C@H]1CCC1=O)c1ccc(C2CCCCC2)cc1.CC1(C)CC(=O)[C@@H]1NC(=O)OCCCCC1CCCCC1.CC1(C)CC(=O)[C@@H]1NC(=O)OCc1ccc(-c2ccccc2)cc1.CC1(C)CC(=O)[C@@H]1NC(=O)OCc1ccc(C2CCCCC2)cc1.Cc1ccc(COC(=O)N[C@H]2CCC2=O)cc1.O=C(N[C@H]1CCC1=O)OCc1ccc(-c2cocn2)cc1. The van der Waals surface area contributed by atoms with Gasteiger partial charge in [-0.25, -0.2) is 33.8 Å². The van der Waals surface area contributed by atoms with Crippen molar-refractivity contribution in [2.45, 2.75) is 309 Å². The third-order valence-corrected chi connectivity index (χ3v) is 26.2. The van der Waals surface area contributed by atoms with Crippen molar-refractivity contribution in [3.05, 3.63) is 209 Å². The average molecular weight is 1780 g/mol. The van der Waals surface area contributed by atoms with Crippen molar-refractivity contribution in [3.8, 4) is 22.4 Å². The lowest BCUT2D eigenvalue weighted by Crippen LogP contribution is -2.59. The Hall–Kier alpha value is -11.8. The van der Waals surface area contributed by atoms with E-state index in [1.807, 2.05) is 159 Å². The van der Waals surface area contributed by atoms with Gasteiger partial charge in [-0.3, -0.25) is 28.8 Å². The van der Waals surface area contributed by atoms with Crippen LogP contribution in [0.5, 0.6) is 0 Å². The fourth-order valence-electron chi connectivity index (χ4n) is 17.4. The summed E-state index contributed by atoms with van der Waals surface area (Å²) in [6.45, 7) is 17.0. The Morgan fingerprint density at radius 3 is 1.11 bits per heavy atom. The van der Waals surface area contributed by atoms with Crippen molar-refractivity contribution in [2.24, 2.45) is 22.2 Å². The third-order valence-electron chi connectivity index (χ3n) is 26.2. The molecule has 26 heteroatoms. The van der Waals surface area contributed by atoms with Gasteiger partial charge in [0.05, 0.1) is 42.9 Å². The number of oxazole rings is 1.